The molecule has 0 amide bonds. The third-order valence-electron chi connectivity index (χ3n) is 1.99. The summed E-state index contributed by atoms with van der Waals surface area (Å²) in [5.74, 6) is -1.71. The van der Waals surface area contributed by atoms with Gasteiger partial charge in [-0.1, -0.05) is 0 Å². The molecule has 0 atom stereocenters. The zero-order chi connectivity index (χ0) is 13.9. The number of nitrogens with zero attached hydrogens (tertiary/aromatic N) is 2. The van der Waals surface area contributed by atoms with Crippen molar-refractivity contribution in [3.05, 3.63) is 0 Å². The molecule has 0 saturated heterocycles. The number of halogens is 7. The first-order valence-electron chi connectivity index (χ1n) is 4.11. The summed E-state index contributed by atoms with van der Waals surface area (Å²) in [6, 6.07) is 2.33. The lowest BCUT2D eigenvalue weighted by atomic mass is 9.93. The van der Waals surface area contributed by atoms with Gasteiger partial charge in [0.05, 0.1) is 12.1 Å². The Hall–Kier alpha value is -1.51. The molecule has 0 bridgehead atoms. The van der Waals surface area contributed by atoms with Crippen molar-refractivity contribution < 1.29 is 30.7 Å². The van der Waals surface area contributed by atoms with E-state index in [9.17, 15) is 30.7 Å². The van der Waals surface area contributed by atoms with Gasteiger partial charge in [0.2, 0.25) is 0 Å². The van der Waals surface area contributed by atoms with E-state index in [2.05, 4.69) is 0 Å². The molecule has 0 saturated carbocycles. The lowest BCUT2D eigenvalue weighted by molar-refractivity contribution is -0.343. The fourth-order valence-electron chi connectivity index (χ4n) is 0.945. The van der Waals surface area contributed by atoms with Crippen LogP contribution in [0.5, 0.6) is 0 Å². The van der Waals surface area contributed by atoms with Crippen LogP contribution in [0, 0.1) is 28.6 Å². The van der Waals surface area contributed by atoms with E-state index in [0.717, 1.165) is 12.1 Å². The first-order valence-corrected chi connectivity index (χ1v) is 4.11. The van der Waals surface area contributed by atoms with Crippen molar-refractivity contribution >= 4 is 0 Å². The van der Waals surface area contributed by atoms with E-state index in [4.69, 9.17) is 10.5 Å². The van der Waals surface area contributed by atoms with Gasteiger partial charge in [-0.15, -0.1) is 0 Å². The average molecular weight is 262 g/mol. The molecule has 0 aliphatic rings. The van der Waals surface area contributed by atoms with E-state index in [-0.39, 0.29) is 0 Å². The monoisotopic (exact) mass is 262 g/mol. The molecule has 0 unspecified atom stereocenters. The molecular weight excluding hydrogens is 257 g/mol. The molecular formula is C8H5F7N2. The second-order valence-corrected chi connectivity index (χ2v) is 3.15. The van der Waals surface area contributed by atoms with Gasteiger partial charge in [-0.05, 0) is 6.42 Å². The summed E-state index contributed by atoms with van der Waals surface area (Å²) in [4.78, 5) is 0. The van der Waals surface area contributed by atoms with E-state index in [1.165, 1.54) is 0 Å². The van der Waals surface area contributed by atoms with Crippen molar-refractivity contribution in [2.75, 3.05) is 0 Å². The van der Waals surface area contributed by atoms with Crippen molar-refractivity contribution in [2.45, 2.75) is 30.9 Å². The van der Waals surface area contributed by atoms with Crippen molar-refractivity contribution in [2.24, 2.45) is 5.92 Å². The Morgan fingerprint density at radius 2 is 1.18 bits per heavy atom. The van der Waals surface area contributed by atoms with Crippen LogP contribution in [0.4, 0.5) is 30.7 Å². The minimum atomic E-state index is -6.14. The number of hydrogen-bond acceptors (Lipinski definition) is 2. The predicted molar refractivity (Wildman–Crippen MR) is 39.9 cm³/mol. The van der Waals surface area contributed by atoms with E-state index in [1.54, 1.807) is 0 Å². The minimum Gasteiger partial charge on any atom is -0.224 e. The van der Waals surface area contributed by atoms with E-state index in [0.29, 0.717) is 0 Å². The van der Waals surface area contributed by atoms with Crippen molar-refractivity contribution in [1.82, 2.24) is 0 Å². The molecule has 0 radical (unpaired) electrons. The maximum Gasteiger partial charge on any atom is 0.431 e. The van der Waals surface area contributed by atoms with Gasteiger partial charge in [-0.3, -0.25) is 0 Å². The van der Waals surface area contributed by atoms with Crippen LogP contribution >= 0.6 is 0 Å². The highest BCUT2D eigenvalue weighted by molar-refractivity contribution is 5.02. The van der Waals surface area contributed by atoms with Crippen LogP contribution in [-0.4, -0.2) is 18.0 Å². The standard InChI is InChI=1S/C8H5F7N2/c9-6(7(10,11)12,8(13,14)15)2-1-5(3-16)4-17/h5H,1-2H2. The van der Waals surface area contributed by atoms with Crippen molar-refractivity contribution in [3.63, 3.8) is 0 Å². The molecule has 0 aromatic rings. The smallest absolute Gasteiger partial charge is 0.224 e. The van der Waals surface area contributed by atoms with E-state index < -0.39 is 36.8 Å². The van der Waals surface area contributed by atoms with Crippen LogP contribution in [0.3, 0.4) is 0 Å². The largest absolute Gasteiger partial charge is 0.431 e. The normalized spacial score (nSPS) is 13.3. The highest BCUT2D eigenvalue weighted by Crippen LogP contribution is 2.49. The summed E-state index contributed by atoms with van der Waals surface area (Å²) in [6.07, 6.45) is -15.4. The average Bonchev–Trinajstić information content (AvgIpc) is 2.15. The number of hydrogen-bond donors (Lipinski definition) is 0. The third-order valence-corrected chi connectivity index (χ3v) is 1.99. The number of rotatable bonds is 3. The predicted octanol–water partition coefficient (Wildman–Crippen LogP) is 3.26. The Labute approximate surface area is 91.2 Å². The Bertz CT molecular complexity index is 315. The van der Waals surface area contributed by atoms with E-state index in [1.807, 2.05) is 0 Å². The molecule has 96 valence electrons. The fourth-order valence-corrected chi connectivity index (χ4v) is 0.945. The van der Waals surface area contributed by atoms with Crippen molar-refractivity contribution in [3.8, 4) is 12.1 Å². The van der Waals surface area contributed by atoms with Crippen LogP contribution < -0.4 is 0 Å². The maximum atomic E-state index is 13.0. The first-order chi connectivity index (χ1) is 7.49. The second kappa shape index (κ2) is 4.78. The molecule has 0 aliphatic heterocycles. The quantitative estimate of drug-likeness (QED) is 0.733. The lowest BCUT2D eigenvalue weighted by Gasteiger charge is -2.29. The van der Waals surface area contributed by atoms with Gasteiger partial charge in [0.15, 0.2) is 0 Å². The molecule has 0 N–H and O–H groups in total. The van der Waals surface area contributed by atoms with Gasteiger partial charge in [-0.25, -0.2) is 4.39 Å². The summed E-state index contributed by atoms with van der Waals surface area (Å²) in [5.41, 5.74) is -5.40. The number of alkyl halides is 7. The Morgan fingerprint density at radius 1 is 0.824 bits per heavy atom. The van der Waals surface area contributed by atoms with Gasteiger partial charge in [-0.2, -0.15) is 36.9 Å². The highest BCUT2D eigenvalue weighted by atomic mass is 19.4. The lowest BCUT2D eigenvalue weighted by Crippen LogP contribution is -2.53. The molecule has 0 fully saturated rings. The van der Waals surface area contributed by atoms with Gasteiger partial charge in [0, 0.05) is 6.42 Å². The van der Waals surface area contributed by atoms with Crippen LogP contribution in [0.15, 0.2) is 0 Å². The van der Waals surface area contributed by atoms with E-state index >= 15 is 0 Å². The topological polar surface area (TPSA) is 47.6 Å². The summed E-state index contributed by atoms with van der Waals surface area (Å²) in [5, 5.41) is 16.3. The Balaban J connectivity index is 5.03. The third kappa shape index (κ3) is 3.22. The first kappa shape index (κ1) is 15.5. The van der Waals surface area contributed by atoms with Gasteiger partial charge < -0.3 is 0 Å². The Morgan fingerprint density at radius 3 is 1.41 bits per heavy atom. The zero-order valence-electron chi connectivity index (χ0n) is 8.03. The van der Waals surface area contributed by atoms with Crippen LogP contribution in [0.2, 0.25) is 0 Å². The van der Waals surface area contributed by atoms with Crippen LogP contribution in [0.25, 0.3) is 0 Å². The molecule has 17 heavy (non-hydrogen) atoms. The fraction of sp³-hybridized carbons (Fsp3) is 0.750. The summed E-state index contributed by atoms with van der Waals surface area (Å²) in [6.45, 7) is 0. The minimum absolute atomic E-state index is 1.15. The molecule has 0 aromatic heterocycles. The molecule has 0 aliphatic carbocycles. The number of nitriles is 2. The second-order valence-electron chi connectivity index (χ2n) is 3.15. The van der Waals surface area contributed by atoms with Gasteiger partial charge in [0.1, 0.15) is 5.92 Å². The summed E-state index contributed by atoms with van der Waals surface area (Å²) < 4.78 is 85.0. The molecule has 0 rings (SSSR count). The molecule has 0 heterocycles. The van der Waals surface area contributed by atoms with Crippen LogP contribution in [0.1, 0.15) is 12.8 Å². The SMILES string of the molecule is N#CC(C#N)CCC(F)(C(F)(F)F)C(F)(F)F. The summed E-state index contributed by atoms with van der Waals surface area (Å²) in [7, 11) is 0. The van der Waals surface area contributed by atoms with Crippen molar-refractivity contribution in [1.29, 1.82) is 10.5 Å². The molecule has 0 spiro atoms. The Kier molecular flexibility index (Phi) is 4.35. The van der Waals surface area contributed by atoms with Gasteiger partial charge in [0.25, 0.3) is 5.67 Å². The summed E-state index contributed by atoms with van der Waals surface area (Å²) >= 11 is 0. The molecule has 0 aromatic carbocycles. The molecule has 2 nitrogen and oxygen atoms in total. The highest BCUT2D eigenvalue weighted by Gasteiger charge is 2.71. The van der Waals surface area contributed by atoms with Crippen LogP contribution in [-0.2, 0) is 0 Å². The van der Waals surface area contributed by atoms with Gasteiger partial charge >= 0.3 is 12.4 Å². The zero-order valence-corrected chi connectivity index (χ0v) is 8.03. The molecule has 9 heteroatoms. The maximum absolute atomic E-state index is 13.0.